The zero-order valence-corrected chi connectivity index (χ0v) is 19.1. The molecule has 2 aromatic rings. The highest BCUT2D eigenvalue weighted by Gasteiger charge is 2.15. The number of guanidine groups is 1. The molecule has 1 unspecified atom stereocenters. The Kier molecular flexibility index (Phi) is 8.20. The normalized spacial score (nSPS) is 12.6. The van der Waals surface area contributed by atoms with E-state index in [1.807, 2.05) is 37.7 Å². The molecule has 0 spiro atoms. The van der Waals surface area contributed by atoms with Crippen LogP contribution < -0.4 is 20.1 Å². The van der Waals surface area contributed by atoms with E-state index in [2.05, 4.69) is 34.6 Å². The summed E-state index contributed by atoms with van der Waals surface area (Å²) >= 11 is 6.36. The standard InChI is InChI=1S/C21H32ClN5O2/c1-8-29-20-18(22)10-16(11-19(20)28-7)12-24-21(23-5)25-13(2)9-17-14(3)26-27(6)15(17)4/h10-11,13H,8-9,12H2,1-7H3,(H2,23,24,25). The average molecular weight is 422 g/mol. The molecule has 1 aromatic carbocycles. The minimum Gasteiger partial charge on any atom is -0.493 e. The van der Waals surface area contributed by atoms with Crippen LogP contribution in [0.4, 0.5) is 0 Å². The van der Waals surface area contributed by atoms with Crippen LogP contribution in [0.25, 0.3) is 0 Å². The third-order valence-corrected chi connectivity index (χ3v) is 5.09. The second-order valence-electron chi connectivity index (χ2n) is 6.99. The molecule has 29 heavy (non-hydrogen) atoms. The summed E-state index contributed by atoms with van der Waals surface area (Å²) in [6.45, 7) is 9.27. The second-order valence-corrected chi connectivity index (χ2v) is 7.40. The lowest BCUT2D eigenvalue weighted by Crippen LogP contribution is -2.42. The van der Waals surface area contributed by atoms with Gasteiger partial charge in [0, 0.05) is 32.4 Å². The zero-order valence-electron chi connectivity index (χ0n) is 18.4. The van der Waals surface area contributed by atoms with E-state index < -0.39 is 0 Å². The molecule has 1 heterocycles. The molecule has 2 N–H and O–H groups in total. The Morgan fingerprint density at radius 2 is 2.07 bits per heavy atom. The lowest BCUT2D eigenvalue weighted by molar-refractivity contribution is 0.311. The number of nitrogens with zero attached hydrogens (tertiary/aromatic N) is 3. The van der Waals surface area contributed by atoms with Crippen molar-refractivity contribution in [2.45, 2.75) is 46.7 Å². The van der Waals surface area contributed by atoms with Gasteiger partial charge in [0.2, 0.25) is 0 Å². The van der Waals surface area contributed by atoms with Crippen molar-refractivity contribution in [2.24, 2.45) is 12.0 Å². The Bertz CT molecular complexity index is 863. The SMILES string of the molecule is CCOc1c(Cl)cc(CNC(=NC)NC(C)Cc2c(C)nn(C)c2C)cc1OC. The molecule has 0 aliphatic heterocycles. The maximum atomic E-state index is 6.36. The summed E-state index contributed by atoms with van der Waals surface area (Å²) in [4.78, 5) is 4.33. The summed E-state index contributed by atoms with van der Waals surface area (Å²) in [5, 5.41) is 11.8. The third kappa shape index (κ3) is 5.79. The Balaban J connectivity index is 2.01. The van der Waals surface area contributed by atoms with Crippen molar-refractivity contribution in [1.29, 1.82) is 0 Å². The first-order chi connectivity index (χ1) is 13.8. The number of benzene rings is 1. The van der Waals surface area contributed by atoms with Gasteiger partial charge in [-0.1, -0.05) is 11.6 Å². The molecule has 1 atom stereocenters. The topological polar surface area (TPSA) is 72.7 Å². The van der Waals surface area contributed by atoms with Gasteiger partial charge < -0.3 is 20.1 Å². The molecular weight excluding hydrogens is 390 g/mol. The van der Waals surface area contributed by atoms with Gasteiger partial charge in [0.05, 0.1) is 24.4 Å². The molecule has 0 amide bonds. The van der Waals surface area contributed by atoms with Gasteiger partial charge in [0.25, 0.3) is 0 Å². The van der Waals surface area contributed by atoms with Crippen molar-refractivity contribution in [3.05, 3.63) is 39.7 Å². The number of aliphatic imine (C=N–C) groups is 1. The van der Waals surface area contributed by atoms with Gasteiger partial charge in [-0.2, -0.15) is 5.10 Å². The number of rotatable bonds is 8. The molecule has 1 aromatic heterocycles. The predicted molar refractivity (Wildman–Crippen MR) is 118 cm³/mol. The summed E-state index contributed by atoms with van der Waals surface area (Å²) in [6, 6.07) is 3.99. The fourth-order valence-corrected chi connectivity index (χ4v) is 3.53. The van der Waals surface area contributed by atoms with Crippen molar-refractivity contribution in [3.8, 4) is 11.5 Å². The zero-order chi connectivity index (χ0) is 21.6. The molecule has 0 bridgehead atoms. The van der Waals surface area contributed by atoms with Crippen molar-refractivity contribution in [3.63, 3.8) is 0 Å². The van der Waals surface area contributed by atoms with E-state index in [4.69, 9.17) is 21.1 Å². The first-order valence-corrected chi connectivity index (χ1v) is 10.1. The van der Waals surface area contributed by atoms with Crippen LogP contribution >= 0.6 is 11.6 Å². The van der Waals surface area contributed by atoms with Gasteiger partial charge in [0.15, 0.2) is 17.5 Å². The van der Waals surface area contributed by atoms with Crippen LogP contribution in [-0.4, -0.2) is 42.5 Å². The van der Waals surface area contributed by atoms with Crippen LogP contribution in [0.2, 0.25) is 5.02 Å². The molecule has 0 aliphatic carbocycles. The van der Waals surface area contributed by atoms with Crippen LogP contribution in [0.15, 0.2) is 17.1 Å². The highest BCUT2D eigenvalue weighted by atomic mass is 35.5. The maximum Gasteiger partial charge on any atom is 0.191 e. The van der Waals surface area contributed by atoms with Crippen molar-refractivity contribution >= 4 is 17.6 Å². The van der Waals surface area contributed by atoms with E-state index in [1.165, 1.54) is 11.3 Å². The second kappa shape index (κ2) is 10.4. The van der Waals surface area contributed by atoms with E-state index in [9.17, 15) is 0 Å². The van der Waals surface area contributed by atoms with E-state index in [0.717, 1.165) is 23.6 Å². The van der Waals surface area contributed by atoms with Crippen LogP contribution in [-0.2, 0) is 20.0 Å². The predicted octanol–water partition coefficient (Wildman–Crippen LogP) is 3.39. The third-order valence-electron chi connectivity index (χ3n) is 4.81. The molecule has 0 fully saturated rings. The maximum absolute atomic E-state index is 6.36. The number of methoxy groups -OCH3 is 1. The summed E-state index contributed by atoms with van der Waals surface area (Å²) in [5.74, 6) is 1.91. The Morgan fingerprint density at radius 1 is 1.34 bits per heavy atom. The number of aryl methyl sites for hydroxylation is 2. The quantitative estimate of drug-likeness (QED) is 0.505. The average Bonchev–Trinajstić information content (AvgIpc) is 2.92. The number of aromatic nitrogens is 2. The van der Waals surface area contributed by atoms with Crippen molar-refractivity contribution in [2.75, 3.05) is 20.8 Å². The monoisotopic (exact) mass is 421 g/mol. The molecular formula is C21H32ClN5O2. The molecule has 160 valence electrons. The van der Waals surface area contributed by atoms with Crippen molar-refractivity contribution in [1.82, 2.24) is 20.4 Å². The highest BCUT2D eigenvalue weighted by molar-refractivity contribution is 6.32. The number of halogens is 1. The summed E-state index contributed by atoms with van der Waals surface area (Å²) < 4.78 is 12.9. The summed E-state index contributed by atoms with van der Waals surface area (Å²) in [6.07, 6.45) is 0.870. The van der Waals surface area contributed by atoms with Gasteiger partial charge in [0.1, 0.15) is 0 Å². The first-order valence-electron chi connectivity index (χ1n) is 9.76. The molecule has 2 rings (SSSR count). The molecule has 7 nitrogen and oxygen atoms in total. The van der Waals surface area contributed by atoms with E-state index in [-0.39, 0.29) is 6.04 Å². The minimum absolute atomic E-state index is 0.196. The van der Waals surface area contributed by atoms with E-state index in [1.54, 1.807) is 14.2 Å². The molecule has 0 saturated heterocycles. The van der Waals surface area contributed by atoms with Gasteiger partial charge >= 0.3 is 0 Å². The fraction of sp³-hybridized carbons (Fsp3) is 0.524. The van der Waals surface area contributed by atoms with Crippen LogP contribution in [0.1, 0.15) is 36.4 Å². The van der Waals surface area contributed by atoms with E-state index in [0.29, 0.717) is 29.7 Å². The lowest BCUT2D eigenvalue weighted by atomic mass is 10.1. The number of hydrogen-bond acceptors (Lipinski definition) is 4. The first kappa shape index (κ1) is 22.9. The fourth-order valence-electron chi connectivity index (χ4n) is 3.24. The Morgan fingerprint density at radius 3 is 2.62 bits per heavy atom. The lowest BCUT2D eigenvalue weighted by Gasteiger charge is -2.19. The van der Waals surface area contributed by atoms with E-state index >= 15 is 0 Å². The molecule has 0 radical (unpaired) electrons. The molecule has 8 heteroatoms. The molecule has 0 aliphatic rings. The van der Waals surface area contributed by atoms with Gasteiger partial charge in [-0.05, 0) is 57.4 Å². The summed E-state index contributed by atoms with van der Waals surface area (Å²) in [7, 11) is 5.34. The van der Waals surface area contributed by atoms with Crippen LogP contribution in [0, 0.1) is 13.8 Å². The van der Waals surface area contributed by atoms with Crippen LogP contribution in [0.3, 0.4) is 0 Å². The van der Waals surface area contributed by atoms with Crippen molar-refractivity contribution < 1.29 is 9.47 Å². The minimum atomic E-state index is 0.196. The van der Waals surface area contributed by atoms with Gasteiger partial charge in [-0.25, -0.2) is 0 Å². The number of ether oxygens (including phenoxy) is 2. The Hall–Kier alpha value is -2.41. The smallest absolute Gasteiger partial charge is 0.191 e. The summed E-state index contributed by atoms with van der Waals surface area (Å²) in [5.41, 5.74) is 4.50. The van der Waals surface area contributed by atoms with Gasteiger partial charge in [-0.15, -0.1) is 0 Å². The van der Waals surface area contributed by atoms with Gasteiger partial charge in [-0.3, -0.25) is 9.67 Å². The number of nitrogens with one attached hydrogen (secondary N) is 2. The Labute approximate surface area is 178 Å². The largest absolute Gasteiger partial charge is 0.493 e. The number of hydrogen-bond donors (Lipinski definition) is 2. The highest BCUT2D eigenvalue weighted by Crippen LogP contribution is 2.36. The van der Waals surface area contributed by atoms with Crippen LogP contribution in [0.5, 0.6) is 11.5 Å². The molecule has 0 saturated carbocycles.